The smallest absolute Gasteiger partial charge is 0.150 e. The number of hydrogen-bond acceptors (Lipinski definition) is 2. The second kappa shape index (κ2) is 2.30. The molecular weight excluding hydrogens is 126 g/mol. The van der Waals surface area contributed by atoms with E-state index >= 15 is 0 Å². The topological polar surface area (TPSA) is 46.2 Å². The van der Waals surface area contributed by atoms with Crippen LogP contribution in [0.4, 0.5) is 0 Å². The van der Waals surface area contributed by atoms with Crippen molar-refractivity contribution in [2.45, 2.75) is 5.72 Å². The van der Waals surface area contributed by atoms with E-state index in [1.54, 1.807) is 18.2 Å². The predicted molar refractivity (Wildman–Crippen MR) is 39.7 cm³/mol. The van der Waals surface area contributed by atoms with E-state index in [1.165, 1.54) is 6.08 Å². The SMILES string of the molecule is C#CC1C=CC=CC1(N)O. The Kier molecular flexibility index (Phi) is 1.62. The van der Waals surface area contributed by atoms with Crippen molar-refractivity contribution in [3.05, 3.63) is 24.3 Å². The molecule has 2 atom stereocenters. The molecule has 0 saturated heterocycles. The van der Waals surface area contributed by atoms with Crippen molar-refractivity contribution in [1.82, 2.24) is 0 Å². The molecule has 2 heteroatoms. The van der Waals surface area contributed by atoms with E-state index in [0.717, 1.165) is 0 Å². The largest absolute Gasteiger partial charge is 0.371 e. The molecule has 0 heterocycles. The average Bonchev–Trinajstić information content (AvgIpc) is 1.87. The molecule has 0 fully saturated rings. The van der Waals surface area contributed by atoms with Crippen molar-refractivity contribution >= 4 is 0 Å². The van der Waals surface area contributed by atoms with Gasteiger partial charge < -0.3 is 5.11 Å². The summed E-state index contributed by atoms with van der Waals surface area (Å²) in [5.41, 5.74) is 4.05. The van der Waals surface area contributed by atoms with Gasteiger partial charge in [0.15, 0.2) is 0 Å². The van der Waals surface area contributed by atoms with Crippen molar-refractivity contribution in [3.63, 3.8) is 0 Å². The molecule has 1 aliphatic carbocycles. The lowest BCUT2D eigenvalue weighted by Crippen LogP contribution is -2.44. The molecule has 0 bridgehead atoms. The van der Waals surface area contributed by atoms with E-state index in [1.807, 2.05) is 0 Å². The zero-order valence-electron chi connectivity index (χ0n) is 5.49. The van der Waals surface area contributed by atoms with Crippen LogP contribution >= 0.6 is 0 Å². The van der Waals surface area contributed by atoms with Gasteiger partial charge in [-0.2, -0.15) is 0 Å². The molecule has 2 unspecified atom stereocenters. The normalized spacial score (nSPS) is 37.5. The molecule has 0 saturated carbocycles. The molecule has 0 radical (unpaired) electrons. The van der Waals surface area contributed by atoms with Crippen LogP contribution in [0.3, 0.4) is 0 Å². The first-order valence-corrected chi connectivity index (χ1v) is 3.00. The first-order chi connectivity index (χ1) is 4.67. The molecule has 1 aliphatic rings. The fraction of sp³-hybridized carbons (Fsp3) is 0.250. The Morgan fingerprint density at radius 2 is 2.30 bits per heavy atom. The Labute approximate surface area is 60.0 Å². The van der Waals surface area contributed by atoms with E-state index in [-0.39, 0.29) is 0 Å². The molecule has 3 N–H and O–H groups in total. The summed E-state index contributed by atoms with van der Waals surface area (Å²) in [6, 6.07) is 0. The van der Waals surface area contributed by atoms with Gasteiger partial charge in [-0.05, 0) is 6.08 Å². The molecule has 1 rings (SSSR count). The first-order valence-electron chi connectivity index (χ1n) is 3.00. The van der Waals surface area contributed by atoms with Gasteiger partial charge in [-0.15, -0.1) is 6.42 Å². The van der Waals surface area contributed by atoms with Gasteiger partial charge >= 0.3 is 0 Å². The summed E-state index contributed by atoms with van der Waals surface area (Å²) in [5.74, 6) is 1.98. The number of terminal acetylenes is 1. The fourth-order valence-electron chi connectivity index (χ4n) is 0.832. The number of hydrogen-bond donors (Lipinski definition) is 2. The molecular formula is C8H9NO. The third kappa shape index (κ3) is 1.10. The van der Waals surface area contributed by atoms with Gasteiger partial charge in [0.25, 0.3) is 0 Å². The second-order valence-electron chi connectivity index (χ2n) is 2.28. The number of allylic oxidation sites excluding steroid dienone is 2. The molecule has 0 aliphatic heterocycles. The maximum Gasteiger partial charge on any atom is 0.150 e. The minimum atomic E-state index is -1.36. The van der Waals surface area contributed by atoms with Gasteiger partial charge in [-0.25, -0.2) is 0 Å². The number of aliphatic hydroxyl groups is 1. The summed E-state index contributed by atoms with van der Waals surface area (Å²) >= 11 is 0. The molecule has 0 aromatic heterocycles. The highest BCUT2D eigenvalue weighted by molar-refractivity contribution is 5.26. The fourth-order valence-corrected chi connectivity index (χ4v) is 0.832. The summed E-state index contributed by atoms with van der Waals surface area (Å²) in [7, 11) is 0. The quantitative estimate of drug-likeness (QED) is 0.363. The monoisotopic (exact) mass is 135 g/mol. The van der Waals surface area contributed by atoms with E-state index in [0.29, 0.717) is 0 Å². The van der Waals surface area contributed by atoms with Gasteiger partial charge in [0.05, 0.1) is 5.92 Å². The zero-order valence-corrected chi connectivity index (χ0v) is 5.49. The number of rotatable bonds is 0. The van der Waals surface area contributed by atoms with Crippen molar-refractivity contribution < 1.29 is 5.11 Å². The maximum atomic E-state index is 9.33. The van der Waals surface area contributed by atoms with E-state index < -0.39 is 11.6 Å². The lowest BCUT2D eigenvalue weighted by molar-refractivity contribution is 0.0742. The predicted octanol–water partition coefficient (Wildman–Crippen LogP) is 0.00910. The van der Waals surface area contributed by atoms with E-state index in [2.05, 4.69) is 5.92 Å². The molecule has 0 aromatic carbocycles. The summed E-state index contributed by atoms with van der Waals surface area (Å²) < 4.78 is 0. The summed E-state index contributed by atoms with van der Waals surface area (Å²) in [6.07, 6.45) is 11.7. The van der Waals surface area contributed by atoms with Gasteiger partial charge in [0.1, 0.15) is 5.72 Å². The lowest BCUT2D eigenvalue weighted by atomic mass is 9.93. The van der Waals surface area contributed by atoms with Crippen LogP contribution in [-0.4, -0.2) is 10.8 Å². The van der Waals surface area contributed by atoms with Crippen LogP contribution in [-0.2, 0) is 0 Å². The van der Waals surface area contributed by atoms with Crippen LogP contribution in [0.25, 0.3) is 0 Å². The first kappa shape index (κ1) is 7.07. The molecule has 10 heavy (non-hydrogen) atoms. The minimum Gasteiger partial charge on any atom is -0.371 e. The molecule has 0 spiro atoms. The molecule has 0 aromatic rings. The second-order valence-corrected chi connectivity index (χ2v) is 2.28. The minimum absolute atomic E-state index is 0.405. The summed E-state index contributed by atoms with van der Waals surface area (Å²) in [5, 5.41) is 9.33. The summed E-state index contributed by atoms with van der Waals surface area (Å²) in [6.45, 7) is 0. The Morgan fingerprint density at radius 3 is 2.70 bits per heavy atom. The third-order valence-corrected chi connectivity index (χ3v) is 1.46. The van der Waals surface area contributed by atoms with Crippen LogP contribution < -0.4 is 5.73 Å². The lowest BCUT2D eigenvalue weighted by Gasteiger charge is -2.25. The Hall–Kier alpha value is -1.04. The van der Waals surface area contributed by atoms with E-state index in [9.17, 15) is 5.11 Å². The summed E-state index contributed by atoms with van der Waals surface area (Å²) in [4.78, 5) is 0. The van der Waals surface area contributed by atoms with Crippen molar-refractivity contribution in [2.75, 3.05) is 0 Å². The average molecular weight is 135 g/mol. The van der Waals surface area contributed by atoms with Crippen LogP contribution in [0.5, 0.6) is 0 Å². The van der Waals surface area contributed by atoms with Crippen LogP contribution in [0.1, 0.15) is 0 Å². The van der Waals surface area contributed by atoms with E-state index in [4.69, 9.17) is 12.2 Å². The highest BCUT2D eigenvalue weighted by Crippen LogP contribution is 2.17. The standard InChI is InChI=1S/C8H9NO/c1-2-7-5-3-4-6-8(7,9)10/h1,3-7,10H,9H2. The van der Waals surface area contributed by atoms with Gasteiger partial charge in [0.2, 0.25) is 0 Å². The number of nitrogens with two attached hydrogens (primary N) is 1. The van der Waals surface area contributed by atoms with Crippen molar-refractivity contribution in [2.24, 2.45) is 11.7 Å². The third-order valence-electron chi connectivity index (χ3n) is 1.46. The molecule has 52 valence electrons. The van der Waals surface area contributed by atoms with Crippen molar-refractivity contribution in [3.8, 4) is 12.3 Å². The maximum absolute atomic E-state index is 9.33. The highest BCUT2D eigenvalue weighted by atomic mass is 16.3. The zero-order chi connectivity index (χ0) is 7.61. The van der Waals surface area contributed by atoms with Gasteiger partial charge in [-0.1, -0.05) is 24.1 Å². The molecule has 2 nitrogen and oxygen atoms in total. The van der Waals surface area contributed by atoms with Crippen LogP contribution in [0.2, 0.25) is 0 Å². The highest BCUT2D eigenvalue weighted by Gasteiger charge is 2.27. The van der Waals surface area contributed by atoms with Crippen LogP contribution in [0.15, 0.2) is 24.3 Å². The van der Waals surface area contributed by atoms with Gasteiger partial charge in [-0.3, -0.25) is 5.73 Å². The van der Waals surface area contributed by atoms with Gasteiger partial charge in [0, 0.05) is 0 Å². The Morgan fingerprint density at radius 1 is 1.60 bits per heavy atom. The van der Waals surface area contributed by atoms with Crippen LogP contribution in [0, 0.1) is 18.3 Å². The Bertz CT molecular complexity index is 220. The molecule has 0 amide bonds. The van der Waals surface area contributed by atoms with Crippen molar-refractivity contribution in [1.29, 1.82) is 0 Å². The Balaban J connectivity index is 2.87.